The van der Waals surface area contributed by atoms with E-state index in [0.29, 0.717) is 37.9 Å². The Hall–Kier alpha value is -1.95. The molecule has 2 atom stereocenters. The second-order valence-corrected chi connectivity index (χ2v) is 5.44. The van der Waals surface area contributed by atoms with E-state index in [1.54, 1.807) is 11.0 Å². The number of halogens is 1. The molecule has 1 fully saturated rings. The van der Waals surface area contributed by atoms with Crippen molar-refractivity contribution in [2.75, 3.05) is 11.4 Å². The molecule has 1 saturated heterocycles. The van der Waals surface area contributed by atoms with Crippen molar-refractivity contribution in [1.82, 2.24) is 0 Å². The predicted octanol–water partition coefficient (Wildman–Crippen LogP) is 1.74. The monoisotopic (exact) mass is 293 g/mol. The zero-order valence-electron chi connectivity index (χ0n) is 11.4. The number of amides is 1. The molecule has 112 valence electrons. The van der Waals surface area contributed by atoms with Crippen molar-refractivity contribution < 1.29 is 23.8 Å². The van der Waals surface area contributed by atoms with Gasteiger partial charge in [-0.15, -0.1) is 0 Å². The Bertz CT molecular complexity index is 589. The van der Waals surface area contributed by atoms with E-state index in [9.17, 15) is 14.0 Å². The lowest BCUT2D eigenvalue weighted by Crippen LogP contribution is -2.41. The Morgan fingerprint density at radius 1 is 1.38 bits per heavy atom. The number of aliphatic carboxylic acids is 1. The summed E-state index contributed by atoms with van der Waals surface area (Å²) in [5.74, 6) is -1.31. The van der Waals surface area contributed by atoms with Crippen LogP contribution in [0.25, 0.3) is 0 Å². The van der Waals surface area contributed by atoms with Crippen LogP contribution in [0.4, 0.5) is 10.1 Å². The number of carbonyl (C=O) groups excluding carboxylic acids is 1. The van der Waals surface area contributed by atoms with E-state index in [1.807, 2.05) is 0 Å². The summed E-state index contributed by atoms with van der Waals surface area (Å²) in [7, 11) is 0. The van der Waals surface area contributed by atoms with E-state index in [-0.39, 0.29) is 17.8 Å². The number of hydrogen-bond acceptors (Lipinski definition) is 3. The second-order valence-electron chi connectivity index (χ2n) is 5.44. The van der Waals surface area contributed by atoms with Crippen molar-refractivity contribution in [2.45, 2.75) is 37.9 Å². The van der Waals surface area contributed by atoms with Crippen LogP contribution in [0, 0.1) is 5.82 Å². The summed E-state index contributed by atoms with van der Waals surface area (Å²) >= 11 is 0. The molecule has 0 aliphatic carbocycles. The number of anilines is 1. The number of carboxylic acids is 1. The quantitative estimate of drug-likeness (QED) is 0.921. The molecular weight excluding hydrogens is 277 g/mol. The fourth-order valence-electron chi connectivity index (χ4n) is 2.95. The van der Waals surface area contributed by atoms with Crippen molar-refractivity contribution >= 4 is 17.6 Å². The number of hydrogen-bond donors (Lipinski definition) is 1. The third-order valence-electron chi connectivity index (χ3n) is 4.01. The molecule has 1 aromatic rings. The van der Waals surface area contributed by atoms with Crippen LogP contribution in [0.1, 0.15) is 24.8 Å². The lowest BCUT2D eigenvalue weighted by Gasteiger charge is -2.31. The molecule has 3 rings (SSSR count). The van der Waals surface area contributed by atoms with Crippen molar-refractivity contribution in [1.29, 1.82) is 0 Å². The van der Waals surface area contributed by atoms with Gasteiger partial charge in [-0.05, 0) is 43.0 Å². The van der Waals surface area contributed by atoms with Gasteiger partial charge in [-0.25, -0.2) is 9.18 Å². The number of nitrogens with zero attached hydrogens (tertiary/aromatic N) is 1. The van der Waals surface area contributed by atoms with Crippen LogP contribution >= 0.6 is 0 Å². The van der Waals surface area contributed by atoms with Crippen molar-refractivity contribution in [3.8, 4) is 0 Å². The highest BCUT2D eigenvalue weighted by Gasteiger charge is 2.34. The normalized spacial score (nSPS) is 25.0. The Labute approximate surface area is 121 Å². The van der Waals surface area contributed by atoms with Crippen LogP contribution in [0.5, 0.6) is 0 Å². The van der Waals surface area contributed by atoms with Crippen molar-refractivity contribution in [3.63, 3.8) is 0 Å². The third-order valence-corrected chi connectivity index (χ3v) is 4.01. The Morgan fingerprint density at radius 3 is 2.90 bits per heavy atom. The molecule has 2 aliphatic rings. The third kappa shape index (κ3) is 2.76. The largest absolute Gasteiger partial charge is 0.479 e. The maximum atomic E-state index is 13.3. The van der Waals surface area contributed by atoms with Gasteiger partial charge in [0, 0.05) is 12.1 Å². The van der Waals surface area contributed by atoms with Gasteiger partial charge in [0.2, 0.25) is 5.91 Å². The smallest absolute Gasteiger partial charge is 0.332 e. The number of rotatable bonds is 3. The van der Waals surface area contributed by atoms with Crippen molar-refractivity contribution in [2.24, 2.45) is 0 Å². The maximum absolute atomic E-state index is 13.3. The molecule has 0 bridgehead atoms. The van der Waals surface area contributed by atoms with Gasteiger partial charge in [-0.1, -0.05) is 0 Å². The van der Waals surface area contributed by atoms with Crippen LogP contribution in [0.3, 0.4) is 0 Å². The summed E-state index contributed by atoms with van der Waals surface area (Å²) in [6.07, 6.45) is 0.862. The standard InChI is InChI=1S/C15H16FNO4/c16-10-2-4-12-9(7-10)1-6-14(18)17(12)8-11-3-5-13(21-11)15(19)20/h2,4,7,11,13H,1,3,5-6,8H2,(H,19,20). The summed E-state index contributed by atoms with van der Waals surface area (Å²) in [6.45, 7) is 0.321. The van der Waals surface area contributed by atoms with Gasteiger partial charge < -0.3 is 14.7 Å². The first kappa shape index (κ1) is 14.0. The van der Waals surface area contributed by atoms with Crippen LogP contribution in [0.2, 0.25) is 0 Å². The summed E-state index contributed by atoms with van der Waals surface area (Å²) in [6, 6.07) is 4.38. The number of benzene rings is 1. The minimum atomic E-state index is -0.968. The molecule has 2 unspecified atom stereocenters. The minimum Gasteiger partial charge on any atom is -0.479 e. The highest BCUT2D eigenvalue weighted by Crippen LogP contribution is 2.30. The molecule has 1 N–H and O–H groups in total. The molecule has 0 spiro atoms. The maximum Gasteiger partial charge on any atom is 0.332 e. The number of ether oxygens (including phenoxy) is 1. The molecule has 0 aromatic heterocycles. The molecule has 2 aliphatic heterocycles. The van der Waals surface area contributed by atoms with Gasteiger partial charge in [-0.3, -0.25) is 4.79 Å². The Balaban J connectivity index is 1.77. The van der Waals surface area contributed by atoms with Gasteiger partial charge in [0.15, 0.2) is 6.10 Å². The summed E-state index contributed by atoms with van der Waals surface area (Å²) in [5, 5.41) is 8.93. The molecule has 2 heterocycles. The van der Waals surface area contributed by atoms with Crippen LogP contribution in [-0.4, -0.2) is 35.7 Å². The molecule has 0 saturated carbocycles. The fourth-order valence-corrected chi connectivity index (χ4v) is 2.95. The molecular formula is C15H16FNO4. The Kier molecular flexibility index (Phi) is 3.63. The van der Waals surface area contributed by atoms with Crippen LogP contribution in [0.15, 0.2) is 18.2 Å². The minimum absolute atomic E-state index is 0.0310. The highest BCUT2D eigenvalue weighted by molar-refractivity contribution is 5.96. The van der Waals surface area contributed by atoms with Gasteiger partial charge in [0.25, 0.3) is 0 Å². The Morgan fingerprint density at radius 2 is 2.19 bits per heavy atom. The SMILES string of the molecule is O=C(O)C1CCC(CN2C(=O)CCc3cc(F)ccc32)O1. The van der Waals surface area contributed by atoms with Gasteiger partial charge >= 0.3 is 5.97 Å². The number of carboxylic acid groups (broad SMARTS) is 1. The van der Waals surface area contributed by atoms with E-state index in [0.717, 1.165) is 5.56 Å². The molecule has 0 radical (unpaired) electrons. The van der Waals surface area contributed by atoms with E-state index in [1.165, 1.54) is 12.1 Å². The lowest BCUT2D eigenvalue weighted by atomic mass is 10.0. The van der Waals surface area contributed by atoms with E-state index < -0.39 is 12.1 Å². The first-order chi connectivity index (χ1) is 10.0. The zero-order chi connectivity index (χ0) is 15.0. The zero-order valence-corrected chi connectivity index (χ0v) is 11.4. The molecule has 5 nitrogen and oxygen atoms in total. The van der Waals surface area contributed by atoms with Gasteiger partial charge in [0.1, 0.15) is 5.82 Å². The van der Waals surface area contributed by atoms with E-state index >= 15 is 0 Å². The van der Waals surface area contributed by atoms with Crippen LogP contribution in [-0.2, 0) is 20.7 Å². The summed E-state index contributed by atoms with van der Waals surface area (Å²) in [5.41, 5.74) is 1.51. The summed E-state index contributed by atoms with van der Waals surface area (Å²) < 4.78 is 18.7. The number of carbonyl (C=O) groups is 2. The predicted molar refractivity (Wildman–Crippen MR) is 72.6 cm³/mol. The summed E-state index contributed by atoms with van der Waals surface area (Å²) in [4.78, 5) is 24.6. The van der Waals surface area contributed by atoms with Crippen molar-refractivity contribution in [3.05, 3.63) is 29.6 Å². The first-order valence-electron chi connectivity index (χ1n) is 7.01. The van der Waals surface area contributed by atoms with Gasteiger partial charge in [0.05, 0.1) is 12.6 Å². The number of fused-ring (bicyclic) bond motifs is 1. The highest BCUT2D eigenvalue weighted by atomic mass is 19.1. The molecule has 21 heavy (non-hydrogen) atoms. The molecule has 1 amide bonds. The second kappa shape index (κ2) is 5.44. The van der Waals surface area contributed by atoms with E-state index in [2.05, 4.69) is 0 Å². The van der Waals surface area contributed by atoms with Crippen LogP contribution < -0.4 is 4.90 Å². The molecule has 1 aromatic carbocycles. The van der Waals surface area contributed by atoms with Gasteiger partial charge in [-0.2, -0.15) is 0 Å². The fraction of sp³-hybridized carbons (Fsp3) is 0.467. The topological polar surface area (TPSA) is 66.8 Å². The average Bonchev–Trinajstić information content (AvgIpc) is 2.91. The lowest BCUT2D eigenvalue weighted by molar-refractivity contribution is -0.149. The molecule has 6 heteroatoms. The first-order valence-corrected chi connectivity index (χ1v) is 7.01. The van der Waals surface area contributed by atoms with E-state index in [4.69, 9.17) is 9.84 Å². The average molecular weight is 293 g/mol. The number of aryl methyl sites for hydroxylation is 1.